The summed E-state index contributed by atoms with van der Waals surface area (Å²) in [7, 11) is 0. The highest BCUT2D eigenvalue weighted by molar-refractivity contribution is 5.53. The molecule has 0 spiro atoms. The molecule has 9 heteroatoms. The van der Waals surface area contributed by atoms with E-state index in [1.807, 2.05) is 0 Å². The molecule has 2 aliphatic rings. The van der Waals surface area contributed by atoms with Crippen molar-refractivity contribution in [2.45, 2.75) is 31.7 Å². The van der Waals surface area contributed by atoms with Crippen LogP contribution in [0.3, 0.4) is 0 Å². The van der Waals surface area contributed by atoms with Crippen molar-refractivity contribution in [3.63, 3.8) is 0 Å². The van der Waals surface area contributed by atoms with E-state index in [0.717, 1.165) is 45.5 Å². The lowest BCUT2D eigenvalue weighted by atomic mass is 9.83. The molecule has 0 aromatic carbocycles. The zero-order valence-corrected chi connectivity index (χ0v) is 13.7. The third-order valence-corrected chi connectivity index (χ3v) is 4.90. The third kappa shape index (κ3) is 3.90. The lowest BCUT2D eigenvalue weighted by molar-refractivity contribution is -0.384. The van der Waals surface area contributed by atoms with E-state index in [9.17, 15) is 10.1 Å². The Morgan fingerprint density at radius 2 is 2.12 bits per heavy atom. The van der Waals surface area contributed by atoms with Crippen LogP contribution in [0.2, 0.25) is 0 Å². The van der Waals surface area contributed by atoms with Crippen LogP contribution >= 0.6 is 0 Å². The lowest BCUT2D eigenvalue weighted by Gasteiger charge is -2.41. The molecule has 1 aromatic heterocycles. The quantitative estimate of drug-likeness (QED) is 0.609. The smallest absolute Gasteiger partial charge is 0.329 e. The first-order valence-corrected chi connectivity index (χ1v) is 8.47. The molecule has 3 N–H and O–H groups in total. The topological polar surface area (TPSA) is 119 Å². The minimum absolute atomic E-state index is 0.106. The first kappa shape index (κ1) is 16.8. The molecule has 1 aromatic rings. The molecule has 0 radical (unpaired) electrons. The van der Waals surface area contributed by atoms with E-state index in [-0.39, 0.29) is 11.5 Å². The molecule has 0 unspecified atom stereocenters. The highest BCUT2D eigenvalue weighted by atomic mass is 16.6. The van der Waals surface area contributed by atoms with E-state index >= 15 is 0 Å². The zero-order valence-electron chi connectivity index (χ0n) is 13.7. The summed E-state index contributed by atoms with van der Waals surface area (Å²) in [5.74, 6) is 0.757. The summed E-state index contributed by atoms with van der Waals surface area (Å²) in [6.45, 7) is 4.33. The highest BCUT2D eigenvalue weighted by Gasteiger charge is 2.31. The molecule has 3 rings (SSSR count). The molecule has 0 bridgehead atoms. The number of nitrogens with one attached hydrogen (secondary N) is 1. The fourth-order valence-corrected chi connectivity index (χ4v) is 3.65. The van der Waals surface area contributed by atoms with Gasteiger partial charge < -0.3 is 15.8 Å². The van der Waals surface area contributed by atoms with Crippen molar-refractivity contribution in [2.75, 3.05) is 43.9 Å². The molecule has 1 aliphatic heterocycles. The van der Waals surface area contributed by atoms with Gasteiger partial charge in [-0.2, -0.15) is 4.98 Å². The van der Waals surface area contributed by atoms with Crippen LogP contribution in [0.25, 0.3) is 0 Å². The second-order valence-corrected chi connectivity index (χ2v) is 6.36. The maximum Gasteiger partial charge on any atom is 0.329 e. The van der Waals surface area contributed by atoms with Crippen LogP contribution in [0.5, 0.6) is 0 Å². The molecule has 2 atom stereocenters. The molecular weight excluding hydrogens is 312 g/mol. The molecule has 1 saturated heterocycles. The number of rotatable bonds is 5. The molecular formula is C15H24N6O3. The number of hydrogen-bond donors (Lipinski definition) is 2. The minimum atomic E-state index is -0.575. The van der Waals surface area contributed by atoms with E-state index in [1.54, 1.807) is 0 Å². The van der Waals surface area contributed by atoms with Crippen molar-refractivity contribution in [3.8, 4) is 0 Å². The first-order chi connectivity index (χ1) is 11.6. The van der Waals surface area contributed by atoms with Crippen molar-refractivity contribution in [1.82, 2.24) is 14.9 Å². The Bertz CT molecular complexity index is 578. The summed E-state index contributed by atoms with van der Waals surface area (Å²) in [4.78, 5) is 20.7. The number of nitrogens with two attached hydrogens (primary N) is 1. The van der Waals surface area contributed by atoms with Gasteiger partial charge in [0.2, 0.25) is 11.8 Å². The first-order valence-electron chi connectivity index (χ1n) is 8.47. The summed E-state index contributed by atoms with van der Waals surface area (Å²) in [6.07, 6.45) is 6.02. The maximum absolute atomic E-state index is 10.8. The van der Waals surface area contributed by atoms with Crippen LogP contribution in [0.15, 0.2) is 6.20 Å². The van der Waals surface area contributed by atoms with Crippen molar-refractivity contribution in [2.24, 2.45) is 5.92 Å². The molecule has 24 heavy (non-hydrogen) atoms. The third-order valence-electron chi connectivity index (χ3n) is 4.90. The van der Waals surface area contributed by atoms with E-state index in [0.29, 0.717) is 17.9 Å². The van der Waals surface area contributed by atoms with Crippen LogP contribution in [0, 0.1) is 16.0 Å². The van der Waals surface area contributed by atoms with E-state index in [4.69, 9.17) is 10.5 Å². The number of morpholine rings is 1. The Morgan fingerprint density at radius 3 is 2.83 bits per heavy atom. The molecule has 9 nitrogen and oxygen atoms in total. The molecule has 2 fully saturated rings. The Kier molecular flexibility index (Phi) is 5.41. The van der Waals surface area contributed by atoms with Crippen molar-refractivity contribution in [1.29, 1.82) is 0 Å². The fourth-order valence-electron chi connectivity index (χ4n) is 3.65. The van der Waals surface area contributed by atoms with E-state index in [1.165, 1.54) is 19.3 Å². The van der Waals surface area contributed by atoms with Gasteiger partial charge in [0.25, 0.3) is 0 Å². The van der Waals surface area contributed by atoms with Crippen LogP contribution in [-0.2, 0) is 4.74 Å². The number of nitrogens with zero attached hydrogens (tertiary/aromatic N) is 4. The van der Waals surface area contributed by atoms with Crippen LogP contribution in [0.4, 0.5) is 17.5 Å². The van der Waals surface area contributed by atoms with Crippen LogP contribution in [-0.4, -0.2) is 58.7 Å². The maximum atomic E-state index is 10.8. The van der Waals surface area contributed by atoms with Gasteiger partial charge in [0, 0.05) is 25.7 Å². The van der Waals surface area contributed by atoms with Gasteiger partial charge >= 0.3 is 5.69 Å². The summed E-state index contributed by atoms with van der Waals surface area (Å²) in [5.41, 5.74) is 5.36. The van der Waals surface area contributed by atoms with Gasteiger partial charge in [-0.3, -0.25) is 15.0 Å². The second-order valence-electron chi connectivity index (χ2n) is 6.36. The Hall–Kier alpha value is -2.00. The average Bonchev–Trinajstić information content (AvgIpc) is 2.61. The van der Waals surface area contributed by atoms with Crippen LogP contribution in [0.1, 0.15) is 25.7 Å². The lowest BCUT2D eigenvalue weighted by Crippen LogP contribution is -2.49. The second kappa shape index (κ2) is 7.71. The molecule has 2 heterocycles. The Balaban J connectivity index is 1.61. The standard InChI is InChI=1S/C15H24N6O3/c16-14-13(21(22)23)10-18-15(19-14)17-9-11-3-1-2-4-12(11)20-5-7-24-8-6-20/h10-12H,1-9H2,(H3,16,17,18,19)/t11-,12-/m0/s1. The Morgan fingerprint density at radius 1 is 1.38 bits per heavy atom. The SMILES string of the molecule is Nc1nc(NC[C@@H]2CCCC[C@@H]2N2CCOCC2)ncc1[N+](=O)[O-]. The zero-order chi connectivity index (χ0) is 16.9. The van der Waals surface area contributed by atoms with E-state index < -0.39 is 4.92 Å². The largest absolute Gasteiger partial charge is 0.379 e. The van der Waals surface area contributed by atoms with Crippen molar-refractivity contribution >= 4 is 17.5 Å². The van der Waals surface area contributed by atoms with Gasteiger partial charge in [0.1, 0.15) is 6.20 Å². The number of anilines is 2. The van der Waals surface area contributed by atoms with Gasteiger partial charge in [-0.05, 0) is 18.8 Å². The normalized spacial score (nSPS) is 25.3. The number of aromatic nitrogens is 2. The predicted octanol–water partition coefficient (Wildman–Crippen LogP) is 1.27. The number of nitro groups is 1. The van der Waals surface area contributed by atoms with Gasteiger partial charge in [0.05, 0.1) is 18.1 Å². The van der Waals surface area contributed by atoms with Gasteiger partial charge in [-0.1, -0.05) is 12.8 Å². The molecule has 1 saturated carbocycles. The monoisotopic (exact) mass is 336 g/mol. The van der Waals surface area contributed by atoms with Gasteiger partial charge in [-0.25, -0.2) is 4.98 Å². The summed E-state index contributed by atoms with van der Waals surface area (Å²) in [6, 6.07) is 0.547. The molecule has 1 aliphatic carbocycles. The summed E-state index contributed by atoms with van der Waals surface area (Å²) >= 11 is 0. The van der Waals surface area contributed by atoms with Gasteiger partial charge in [0.15, 0.2) is 0 Å². The van der Waals surface area contributed by atoms with E-state index in [2.05, 4.69) is 20.2 Å². The number of nitrogen functional groups attached to an aromatic ring is 1. The summed E-state index contributed by atoms with van der Waals surface area (Å²) < 4.78 is 5.45. The average molecular weight is 336 g/mol. The summed E-state index contributed by atoms with van der Waals surface area (Å²) in [5, 5.41) is 14.0. The van der Waals surface area contributed by atoms with Crippen LogP contribution < -0.4 is 11.1 Å². The molecule has 0 amide bonds. The number of ether oxygens (including phenoxy) is 1. The van der Waals surface area contributed by atoms with Gasteiger partial charge in [-0.15, -0.1) is 0 Å². The molecule has 132 valence electrons. The number of hydrogen-bond acceptors (Lipinski definition) is 8. The predicted molar refractivity (Wildman–Crippen MR) is 89.7 cm³/mol. The fraction of sp³-hybridized carbons (Fsp3) is 0.733. The van der Waals surface area contributed by atoms with Crippen molar-refractivity contribution < 1.29 is 9.66 Å². The highest BCUT2D eigenvalue weighted by Crippen LogP contribution is 2.29. The Labute approximate surface area is 140 Å². The van der Waals surface area contributed by atoms with Crippen molar-refractivity contribution in [3.05, 3.63) is 16.3 Å². The minimum Gasteiger partial charge on any atom is -0.379 e.